The summed E-state index contributed by atoms with van der Waals surface area (Å²) in [6.07, 6.45) is 0. The van der Waals surface area contributed by atoms with Crippen LogP contribution in [0, 0.1) is 0 Å². The quantitative estimate of drug-likeness (QED) is 0.869. The average molecular weight is 348 g/mol. The molecule has 0 spiro atoms. The highest BCUT2D eigenvalue weighted by Crippen LogP contribution is 2.44. The second kappa shape index (κ2) is 7.88. The summed E-state index contributed by atoms with van der Waals surface area (Å²) in [5, 5.41) is 5.54. The Labute approximate surface area is 147 Å². The molecule has 0 radical (unpaired) electrons. The minimum absolute atomic E-state index is 0.114. The minimum Gasteiger partial charge on any atom is -0.496 e. The van der Waals surface area contributed by atoms with Crippen LogP contribution >= 0.6 is 11.3 Å². The van der Waals surface area contributed by atoms with Gasteiger partial charge in [0.2, 0.25) is 0 Å². The maximum absolute atomic E-state index is 5.70. The molecule has 0 saturated carbocycles. The summed E-state index contributed by atoms with van der Waals surface area (Å²) in [6.45, 7) is 3.95. The predicted molar refractivity (Wildman–Crippen MR) is 96.7 cm³/mol. The molecule has 5 nitrogen and oxygen atoms in total. The summed E-state index contributed by atoms with van der Waals surface area (Å²) in [6, 6.07) is 8.25. The number of rotatable bonds is 6. The zero-order valence-electron chi connectivity index (χ0n) is 14.4. The van der Waals surface area contributed by atoms with Crippen molar-refractivity contribution >= 4 is 11.3 Å². The van der Waals surface area contributed by atoms with Gasteiger partial charge in [-0.3, -0.25) is 4.90 Å². The van der Waals surface area contributed by atoms with Crippen molar-refractivity contribution in [3.8, 4) is 17.2 Å². The van der Waals surface area contributed by atoms with E-state index in [-0.39, 0.29) is 6.04 Å². The van der Waals surface area contributed by atoms with E-state index < -0.39 is 0 Å². The molecular formula is C18H24N2O3S. The van der Waals surface area contributed by atoms with Crippen molar-refractivity contribution < 1.29 is 14.2 Å². The number of ether oxygens (including phenoxy) is 3. The van der Waals surface area contributed by atoms with E-state index in [1.165, 1.54) is 4.88 Å². The second-order valence-corrected chi connectivity index (χ2v) is 6.63. The molecule has 1 aliphatic rings. The summed E-state index contributed by atoms with van der Waals surface area (Å²) < 4.78 is 16.8. The van der Waals surface area contributed by atoms with Gasteiger partial charge in [0.25, 0.3) is 0 Å². The maximum atomic E-state index is 5.70. The Morgan fingerprint density at radius 3 is 2.21 bits per heavy atom. The van der Waals surface area contributed by atoms with Crippen LogP contribution < -0.4 is 19.5 Å². The highest BCUT2D eigenvalue weighted by atomic mass is 32.1. The maximum Gasteiger partial charge on any atom is 0.131 e. The standard InChI is InChI=1S/C18H24N2O3S/c1-21-13-11-14(22-2)17(15(12-13)23-3)18(16-5-4-10-24-16)20-8-6-19-7-9-20/h4-5,10-12,18-19H,6-9H2,1-3H3/t18-/m1/s1. The van der Waals surface area contributed by atoms with Crippen molar-refractivity contribution in [2.45, 2.75) is 6.04 Å². The average Bonchev–Trinajstić information content (AvgIpc) is 3.17. The van der Waals surface area contributed by atoms with Crippen LogP contribution in [0.4, 0.5) is 0 Å². The van der Waals surface area contributed by atoms with Crippen molar-refractivity contribution in [2.75, 3.05) is 47.5 Å². The predicted octanol–water partition coefficient (Wildman–Crippen LogP) is 2.77. The van der Waals surface area contributed by atoms with Gasteiger partial charge in [0.1, 0.15) is 17.2 Å². The van der Waals surface area contributed by atoms with E-state index in [2.05, 4.69) is 27.7 Å². The Kier molecular flexibility index (Phi) is 5.60. The Morgan fingerprint density at radius 1 is 1.04 bits per heavy atom. The van der Waals surface area contributed by atoms with Gasteiger partial charge < -0.3 is 19.5 Å². The van der Waals surface area contributed by atoms with Crippen LogP contribution in [0.1, 0.15) is 16.5 Å². The zero-order chi connectivity index (χ0) is 16.9. The Bertz CT molecular complexity index is 629. The lowest BCUT2D eigenvalue weighted by atomic mass is 9.99. The first-order valence-electron chi connectivity index (χ1n) is 8.06. The van der Waals surface area contributed by atoms with Crippen molar-refractivity contribution in [1.29, 1.82) is 0 Å². The number of hydrogen-bond acceptors (Lipinski definition) is 6. The molecule has 24 heavy (non-hydrogen) atoms. The third-order valence-corrected chi connectivity index (χ3v) is 5.28. The molecule has 0 bridgehead atoms. The van der Waals surface area contributed by atoms with Crippen LogP contribution in [0.3, 0.4) is 0 Å². The fourth-order valence-corrected chi connectivity index (χ4v) is 4.06. The van der Waals surface area contributed by atoms with Gasteiger partial charge in [-0.25, -0.2) is 0 Å². The first kappa shape index (κ1) is 17.1. The van der Waals surface area contributed by atoms with Crippen LogP contribution in [0.5, 0.6) is 17.2 Å². The number of thiophene rings is 1. The van der Waals surface area contributed by atoms with Crippen LogP contribution in [0.25, 0.3) is 0 Å². The first-order valence-corrected chi connectivity index (χ1v) is 8.94. The number of methoxy groups -OCH3 is 3. The second-order valence-electron chi connectivity index (χ2n) is 5.65. The molecule has 6 heteroatoms. The van der Waals surface area contributed by atoms with E-state index in [4.69, 9.17) is 14.2 Å². The Balaban J connectivity index is 2.13. The van der Waals surface area contributed by atoms with Crippen LogP contribution in [0.2, 0.25) is 0 Å². The third-order valence-electron chi connectivity index (χ3n) is 4.36. The molecule has 2 heterocycles. The van der Waals surface area contributed by atoms with Gasteiger partial charge in [-0.15, -0.1) is 11.3 Å². The highest BCUT2D eigenvalue weighted by Gasteiger charge is 2.30. The molecule has 1 aromatic carbocycles. The lowest BCUT2D eigenvalue weighted by Crippen LogP contribution is -2.45. The molecule has 0 aliphatic carbocycles. The molecule has 1 fully saturated rings. The van der Waals surface area contributed by atoms with E-state index >= 15 is 0 Å². The third kappa shape index (κ3) is 3.36. The summed E-state index contributed by atoms with van der Waals surface area (Å²) in [5.74, 6) is 2.32. The Morgan fingerprint density at radius 2 is 1.71 bits per heavy atom. The van der Waals surface area contributed by atoms with Crippen molar-refractivity contribution in [1.82, 2.24) is 10.2 Å². The largest absolute Gasteiger partial charge is 0.496 e. The lowest BCUT2D eigenvalue weighted by molar-refractivity contribution is 0.194. The molecule has 3 rings (SSSR count). The molecule has 1 atom stereocenters. The zero-order valence-corrected chi connectivity index (χ0v) is 15.2. The highest BCUT2D eigenvalue weighted by molar-refractivity contribution is 7.10. The topological polar surface area (TPSA) is 43.0 Å². The van der Waals surface area contributed by atoms with Crippen LogP contribution in [0.15, 0.2) is 29.6 Å². The number of benzene rings is 1. The van der Waals surface area contributed by atoms with Gasteiger partial charge in [0.05, 0.1) is 32.9 Å². The monoisotopic (exact) mass is 348 g/mol. The molecule has 2 aromatic rings. The molecule has 1 aliphatic heterocycles. The number of hydrogen-bond donors (Lipinski definition) is 1. The number of nitrogens with zero attached hydrogens (tertiary/aromatic N) is 1. The van der Waals surface area contributed by atoms with E-state index in [0.29, 0.717) is 0 Å². The summed E-state index contributed by atoms with van der Waals surface area (Å²) in [4.78, 5) is 3.77. The normalized spacial score (nSPS) is 16.6. The number of piperazine rings is 1. The van der Waals surface area contributed by atoms with E-state index in [0.717, 1.165) is 49.0 Å². The molecule has 1 saturated heterocycles. The molecular weight excluding hydrogens is 324 g/mol. The summed E-state index contributed by atoms with van der Waals surface area (Å²) in [5.41, 5.74) is 1.06. The van der Waals surface area contributed by atoms with Crippen molar-refractivity contribution in [3.05, 3.63) is 40.1 Å². The van der Waals surface area contributed by atoms with Gasteiger partial charge in [-0.2, -0.15) is 0 Å². The van der Waals surface area contributed by atoms with E-state index in [9.17, 15) is 0 Å². The van der Waals surface area contributed by atoms with Crippen molar-refractivity contribution in [2.24, 2.45) is 0 Å². The lowest BCUT2D eigenvalue weighted by Gasteiger charge is -2.36. The minimum atomic E-state index is 0.114. The van der Waals surface area contributed by atoms with Gasteiger partial charge in [0.15, 0.2) is 0 Å². The van der Waals surface area contributed by atoms with Crippen LogP contribution in [-0.2, 0) is 0 Å². The fraction of sp³-hybridized carbons (Fsp3) is 0.444. The summed E-state index contributed by atoms with van der Waals surface area (Å²) >= 11 is 1.76. The summed E-state index contributed by atoms with van der Waals surface area (Å²) in [7, 11) is 5.04. The molecule has 0 amide bonds. The van der Waals surface area contributed by atoms with Gasteiger partial charge >= 0.3 is 0 Å². The molecule has 0 unspecified atom stereocenters. The molecule has 1 N–H and O–H groups in total. The van der Waals surface area contributed by atoms with E-state index in [1.807, 2.05) is 12.1 Å². The number of nitrogens with one attached hydrogen (secondary N) is 1. The smallest absolute Gasteiger partial charge is 0.131 e. The Hall–Kier alpha value is -1.76. The van der Waals surface area contributed by atoms with Gasteiger partial charge in [-0.1, -0.05) is 6.07 Å². The fourth-order valence-electron chi connectivity index (χ4n) is 3.19. The first-order chi connectivity index (χ1) is 11.8. The van der Waals surface area contributed by atoms with Crippen molar-refractivity contribution in [3.63, 3.8) is 0 Å². The van der Waals surface area contributed by atoms with Crippen LogP contribution in [-0.4, -0.2) is 52.4 Å². The molecule has 1 aromatic heterocycles. The molecule has 130 valence electrons. The van der Waals surface area contributed by atoms with Gasteiger partial charge in [0, 0.05) is 43.2 Å². The van der Waals surface area contributed by atoms with Gasteiger partial charge in [-0.05, 0) is 11.4 Å². The van der Waals surface area contributed by atoms with E-state index in [1.54, 1.807) is 32.7 Å². The SMILES string of the molecule is COc1cc(OC)c([C@@H](c2cccs2)N2CCNCC2)c(OC)c1.